The van der Waals surface area contributed by atoms with Gasteiger partial charge in [-0.1, -0.05) is 172 Å². The zero-order valence-electron chi connectivity index (χ0n) is 33.3. The van der Waals surface area contributed by atoms with Gasteiger partial charge in [-0.3, -0.25) is 0 Å². The second kappa shape index (κ2) is 15.2. The van der Waals surface area contributed by atoms with Crippen LogP contribution in [-0.4, -0.2) is 0 Å². The number of rotatable bonds is 9. The third kappa shape index (κ3) is 6.79. The molecule has 10 rings (SSSR count). The van der Waals surface area contributed by atoms with E-state index in [9.17, 15) is 0 Å². The number of anilines is 6. The van der Waals surface area contributed by atoms with Gasteiger partial charge in [0, 0.05) is 39.5 Å². The van der Waals surface area contributed by atoms with Crippen LogP contribution >= 0.6 is 0 Å². The molecule has 0 spiro atoms. The standard InChI is InChI=1S/C57H44N2/c1-57(2)55-26-16-15-25-53(55)54-36-31-45(39-56(54)57)46-37-51(58(47-21-11-5-12-22-47)49-32-27-43(28-33-49)41-17-7-3-8-18-41)40-52(38-46)59(48-23-13-6-14-24-48)50-34-29-44(30-35-50)42-19-9-4-10-20-42/h3-40H,1-2H3. The SMILES string of the molecule is CC1(C)c2ccccc2-c2ccc(-c3cc(N(c4ccccc4)c4ccc(-c5ccccc5)cc4)cc(N(c4ccccc4)c4ccc(-c5ccccc5)cc4)c3)cc21. The van der Waals surface area contributed by atoms with Crippen molar-refractivity contribution < 1.29 is 0 Å². The average Bonchev–Trinajstić information content (AvgIpc) is 3.53. The maximum absolute atomic E-state index is 2.43. The van der Waals surface area contributed by atoms with Crippen LogP contribution in [0.1, 0.15) is 25.0 Å². The first-order valence-corrected chi connectivity index (χ1v) is 20.4. The molecule has 0 amide bonds. The van der Waals surface area contributed by atoms with Gasteiger partial charge in [0.05, 0.1) is 0 Å². The van der Waals surface area contributed by atoms with Crippen LogP contribution in [0.25, 0.3) is 44.5 Å². The minimum absolute atomic E-state index is 0.116. The van der Waals surface area contributed by atoms with Crippen LogP contribution in [-0.2, 0) is 5.41 Å². The Bertz CT molecular complexity index is 2720. The van der Waals surface area contributed by atoms with Crippen molar-refractivity contribution in [3.63, 3.8) is 0 Å². The minimum atomic E-state index is -0.116. The molecule has 0 saturated carbocycles. The molecule has 1 aliphatic rings. The summed E-state index contributed by atoms with van der Waals surface area (Å²) >= 11 is 0. The summed E-state index contributed by atoms with van der Waals surface area (Å²) in [6.07, 6.45) is 0. The highest BCUT2D eigenvalue weighted by atomic mass is 15.2. The van der Waals surface area contributed by atoms with Crippen molar-refractivity contribution in [3.8, 4) is 44.5 Å². The minimum Gasteiger partial charge on any atom is -0.310 e. The molecule has 0 heterocycles. The molecule has 0 N–H and O–H groups in total. The number of fused-ring (bicyclic) bond motifs is 3. The lowest BCUT2D eigenvalue weighted by Gasteiger charge is -2.30. The first-order valence-electron chi connectivity index (χ1n) is 20.4. The van der Waals surface area contributed by atoms with Crippen molar-refractivity contribution in [2.75, 3.05) is 9.80 Å². The van der Waals surface area contributed by atoms with Crippen LogP contribution in [0.15, 0.2) is 231 Å². The van der Waals surface area contributed by atoms with Crippen LogP contribution in [0.5, 0.6) is 0 Å². The quantitative estimate of drug-likeness (QED) is 0.145. The molecule has 0 aromatic heterocycles. The monoisotopic (exact) mass is 756 g/mol. The summed E-state index contributed by atoms with van der Waals surface area (Å²) in [6.45, 7) is 4.71. The summed E-state index contributed by atoms with van der Waals surface area (Å²) in [5.74, 6) is 0. The second-order valence-corrected chi connectivity index (χ2v) is 15.8. The van der Waals surface area contributed by atoms with E-state index in [2.05, 4.69) is 254 Å². The lowest BCUT2D eigenvalue weighted by atomic mass is 9.81. The van der Waals surface area contributed by atoms with Gasteiger partial charge < -0.3 is 9.80 Å². The van der Waals surface area contributed by atoms with Gasteiger partial charge in [0.25, 0.3) is 0 Å². The fourth-order valence-corrected chi connectivity index (χ4v) is 8.82. The molecule has 0 unspecified atom stereocenters. The normalized spacial score (nSPS) is 12.4. The van der Waals surface area contributed by atoms with Crippen LogP contribution in [0, 0.1) is 0 Å². The molecule has 2 heteroatoms. The summed E-state index contributed by atoms with van der Waals surface area (Å²) in [4.78, 5) is 4.77. The van der Waals surface area contributed by atoms with E-state index in [1.165, 1.54) is 50.1 Å². The van der Waals surface area contributed by atoms with Gasteiger partial charge in [-0.15, -0.1) is 0 Å². The number of hydrogen-bond acceptors (Lipinski definition) is 2. The Balaban J connectivity index is 1.18. The first-order chi connectivity index (χ1) is 29.0. The van der Waals surface area contributed by atoms with Crippen LogP contribution in [0.3, 0.4) is 0 Å². The zero-order valence-corrected chi connectivity index (χ0v) is 33.3. The van der Waals surface area contributed by atoms with E-state index in [4.69, 9.17) is 0 Å². The zero-order chi connectivity index (χ0) is 39.8. The maximum atomic E-state index is 2.43. The molecule has 0 radical (unpaired) electrons. The van der Waals surface area contributed by atoms with E-state index >= 15 is 0 Å². The lowest BCUT2D eigenvalue weighted by molar-refractivity contribution is 0.660. The molecule has 0 atom stereocenters. The number of para-hydroxylation sites is 2. The number of nitrogens with zero attached hydrogens (tertiary/aromatic N) is 2. The molecule has 0 saturated heterocycles. The van der Waals surface area contributed by atoms with Gasteiger partial charge in [0.15, 0.2) is 0 Å². The molecule has 1 aliphatic carbocycles. The Hall–Kier alpha value is -7.42. The third-order valence-electron chi connectivity index (χ3n) is 11.8. The Labute approximate surface area is 347 Å². The summed E-state index contributed by atoms with van der Waals surface area (Å²) in [6, 6.07) is 83.6. The predicted octanol–water partition coefficient (Wildman–Crippen LogP) is 15.9. The molecule has 0 fully saturated rings. The summed E-state index contributed by atoms with van der Waals surface area (Å²) in [7, 11) is 0. The molecular formula is C57H44N2. The molecule has 59 heavy (non-hydrogen) atoms. The van der Waals surface area contributed by atoms with Crippen molar-refractivity contribution >= 4 is 34.1 Å². The Morgan fingerprint density at radius 3 is 1.12 bits per heavy atom. The summed E-state index contributed by atoms with van der Waals surface area (Å²) in [5, 5.41) is 0. The molecule has 282 valence electrons. The Morgan fingerprint density at radius 2 is 0.627 bits per heavy atom. The van der Waals surface area contributed by atoms with Gasteiger partial charge in [0.1, 0.15) is 0 Å². The molecule has 2 nitrogen and oxygen atoms in total. The van der Waals surface area contributed by atoms with Crippen molar-refractivity contribution in [2.45, 2.75) is 19.3 Å². The fraction of sp³-hybridized carbons (Fsp3) is 0.0526. The Kier molecular flexibility index (Phi) is 9.24. The highest BCUT2D eigenvalue weighted by molar-refractivity contribution is 5.90. The second-order valence-electron chi connectivity index (χ2n) is 15.8. The Morgan fingerprint density at radius 1 is 0.254 bits per heavy atom. The summed E-state index contributed by atoms with van der Waals surface area (Å²) in [5.41, 5.74) is 18.9. The van der Waals surface area contributed by atoms with Gasteiger partial charge in [-0.25, -0.2) is 0 Å². The van der Waals surface area contributed by atoms with Crippen molar-refractivity contribution in [1.82, 2.24) is 0 Å². The average molecular weight is 757 g/mol. The van der Waals surface area contributed by atoms with E-state index in [0.29, 0.717) is 0 Å². The predicted molar refractivity (Wildman–Crippen MR) is 250 cm³/mol. The number of benzene rings is 9. The van der Waals surface area contributed by atoms with Gasteiger partial charge >= 0.3 is 0 Å². The van der Waals surface area contributed by atoms with E-state index in [1.54, 1.807) is 0 Å². The van der Waals surface area contributed by atoms with Gasteiger partial charge in [-0.05, 0) is 128 Å². The highest BCUT2D eigenvalue weighted by Gasteiger charge is 2.35. The van der Waals surface area contributed by atoms with E-state index in [0.717, 1.165) is 39.7 Å². The van der Waals surface area contributed by atoms with Crippen molar-refractivity contribution in [2.24, 2.45) is 0 Å². The van der Waals surface area contributed by atoms with Crippen molar-refractivity contribution in [1.29, 1.82) is 0 Å². The van der Waals surface area contributed by atoms with Crippen LogP contribution in [0.4, 0.5) is 34.1 Å². The van der Waals surface area contributed by atoms with E-state index in [1.807, 2.05) is 0 Å². The van der Waals surface area contributed by atoms with E-state index in [-0.39, 0.29) is 5.41 Å². The highest BCUT2D eigenvalue weighted by Crippen LogP contribution is 2.50. The molecule has 0 bridgehead atoms. The van der Waals surface area contributed by atoms with Crippen LogP contribution < -0.4 is 9.80 Å². The summed E-state index contributed by atoms with van der Waals surface area (Å²) < 4.78 is 0. The van der Waals surface area contributed by atoms with Gasteiger partial charge in [0.2, 0.25) is 0 Å². The molecule has 9 aromatic carbocycles. The van der Waals surface area contributed by atoms with Gasteiger partial charge in [-0.2, -0.15) is 0 Å². The third-order valence-corrected chi connectivity index (χ3v) is 11.8. The number of hydrogen-bond donors (Lipinski definition) is 0. The molecule has 0 aliphatic heterocycles. The smallest absolute Gasteiger partial charge is 0.0488 e. The lowest BCUT2D eigenvalue weighted by Crippen LogP contribution is -2.15. The van der Waals surface area contributed by atoms with E-state index < -0.39 is 0 Å². The maximum Gasteiger partial charge on any atom is 0.0488 e. The molecular weight excluding hydrogens is 713 g/mol. The topological polar surface area (TPSA) is 6.48 Å². The first kappa shape index (κ1) is 36.0. The fourth-order valence-electron chi connectivity index (χ4n) is 8.82. The van der Waals surface area contributed by atoms with Crippen molar-refractivity contribution in [3.05, 3.63) is 242 Å². The van der Waals surface area contributed by atoms with Crippen LogP contribution in [0.2, 0.25) is 0 Å². The molecule has 9 aromatic rings. The largest absolute Gasteiger partial charge is 0.310 e.